The minimum Gasteiger partial charge on any atom is -0.482 e. The third-order valence-electron chi connectivity index (χ3n) is 5.66. The van der Waals surface area contributed by atoms with Gasteiger partial charge in [-0.1, -0.05) is 48.5 Å². The van der Waals surface area contributed by atoms with Crippen LogP contribution in [-0.2, 0) is 16.0 Å². The van der Waals surface area contributed by atoms with E-state index in [1.165, 1.54) is 7.11 Å². The quantitative estimate of drug-likeness (QED) is 0.493. The van der Waals surface area contributed by atoms with Gasteiger partial charge in [0.1, 0.15) is 5.75 Å². The predicted molar refractivity (Wildman–Crippen MR) is 125 cm³/mol. The molecule has 7 nitrogen and oxygen atoms in total. The number of hydrogen-bond donors (Lipinski definition) is 1. The van der Waals surface area contributed by atoms with Gasteiger partial charge in [0.05, 0.1) is 24.5 Å². The first-order chi connectivity index (χ1) is 16.1. The Morgan fingerprint density at radius 3 is 2.15 bits per heavy atom. The maximum Gasteiger partial charge on any atom is 0.429 e. The summed E-state index contributed by atoms with van der Waals surface area (Å²) in [7, 11) is 1.37. The first-order valence-electron chi connectivity index (χ1n) is 10.8. The number of ether oxygens (including phenoxy) is 2. The van der Waals surface area contributed by atoms with Crippen molar-refractivity contribution in [2.75, 3.05) is 18.7 Å². The molecule has 0 heterocycles. The summed E-state index contributed by atoms with van der Waals surface area (Å²) in [4.78, 5) is 24.3. The van der Waals surface area contributed by atoms with E-state index in [4.69, 9.17) is 14.6 Å². The van der Waals surface area contributed by atoms with E-state index in [9.17, 15) is 9.59 Å². The number of carbonyl (C=O) groups excluding carboxylic acids is 1. The van der Waals surface area contributed by atoms with E-state index < -0.39 is 18.7 Å². The molecule has 3 aromatic carbocycles. The van der Waals surface area contributed by atoms with Gasteiger partial charge in [0.15, 0.2) is 6.61 Å². The van der Waals surface area contributed by atoms with Crippen LogP contribution in [0.15, 0.2) is 78.9 Å². The van der Waals surface area contributed by atoms with E-state index in [0.29, 0.717) is 5.75 Å². The fourth-order valence-electron chi connectivity index (χ4n) is 4.30. The maximum absolute atomic E-state index is 13.3. The number of methoxy groups -OCH3 is 1. The van der Waals surface area contributed by atoms with Gasteiger partial charge >= 0.3 is 12.1 Å². The second-order valence-electron chi connectivity index (χ2n) is 7.71. The molecule has 0 bridgehead atoms. The fourth-order valence-corrected chi connectivity index (χ4v) is 4.30. The molecule has 170 valence electrons. The molecule has 3 aromatic rings. The predicted octanol–water partition coefficient (Wildman–Crippen LogP) is 5.35. The molecular formula is C26H26N2O5. The summed E-state index contributed by atoms with van der Waals surface area (Å²) in [5.74, 6) is -0.495. The zero-order chi connectivity index (χ0) is 23.2. The second-order valence-corrected chi connectivity index (χ2v) is 7.71. The summed E-state index contributed by atoms with van der Waals surface area (Å²) in [6, 6.07) is 24.6. The fraction of sp³-hybridized carbons (Fsp3) is 0.231. The zero-order valence-corrected chi connectivity index (χ0v) is 18.4. The molecule has 0 saturated carbocycles. The molecule has 1 N–H and O–H groups in total. The highest BCUT2D eigenvalue weighted by molar-refractivity contribution is 5.76. The van der Waals surface area contributed by atoms with E-state index in [1.54, 1.807) is 11.1 Å². The van der Waals surface area contributed by atoms with Gasteiger partial charge in [0.25, 0.3) is 0 Å². The molecule has 0 fully saturated rings. The molecule has 0 aromatic heterocycles. The molecule has 33 heavy (non-hydrogen) atoms. The number of aliphatic carboxylic acids is 1. The third-order valence-corrected chi connectivity index (χ3v) is 5.66. The molecule has 1 amide bonds. The lowest BCUT2D eigenvalue weighted by molar-refractivity contribution is -0.139. The smallest absolute Gasteiger partial charge is 0.429 e. The number of carboxylic acid groups (broad SMARTS) is 1. The first kappa shape index (κ1) is 22.2. The van der Waals surface area contributed by atoms with Crippen molar-refractivity contribution >= 4 is 23.4 Å². The van der Waals surface area contributed by atoms with Crippen LogP contribution in [0.4, 0.5) is 16.2 Å². The van der Waals surface area contributed by atoms with Crippen molar-refractivity contribution in [2.45, 2.75) is 25.3 Å². The summed E-state index contributed by atoms with van der Waals surface area (Å²) in [6.07, 6.45) is 1.79. The van der Waals surface area contributed by atoms with Gasteiger partial charge in [-0.15, -0.1) is 0 Å². The molecule has 0 saturated heterocycles. The molecule has 1 unspecified atom stereocenters. The van der Waals surface area contributed by atoms with Crippen LogP contribution >= 0.6 is 0 Å². The van der Waals surface area contributed by atoms with Crippen LogP contribution in [0.1, 0.15) is 30.0 Å². The van der Waals surface area contributed by atoms with Crippen molar-refractivity contribution < 1.29 is 24.2 Å². The summed E-state index contributed by atoms with van der Waals surface area (Å²) < 4.78 is 10.8. The Kier molecular flexibility index (Phi) is 6.78. The van der Waals surface area contributed by atoms with Crippen LogP contribution in [0.3, 0.4) is 0 Å². The van der Waals surface area contributed by atoms with Crippen molar-refractivity contribution in [1.82, 2.24) is 5.01 Å². The Morgan fingerprint density at radius 1 is 0.939 bits per heavy atom. The average molecular weight is 447 g/mol. The molecule has 4 rings (SSSR count). The number of nitrogens with zero attached hydrogens (tertiary/aromatic N) is 2. The third kappa shape index (κ3) is 4.77. The highest BCUT2D eigenvalue weighted by Gasteiger charge is 2.36. The molecule has 0 aliphatic heterocycles. The molecule has 7 heteroatoms. The number of para-hydroxylation sites is 2. The van der Waals surface area contributed by atoms with Gasteiger partial charge in [-0.2, -0.15) is 0 Å². The lowest BCUT2D eigenvalue weighted by Crippen LogP contribution is -2.47. The molecule has 1 aliphatic rings. The van der Waals surface area contributed by atoms with Crippen LogP contribution in [-0.4, -0.2) is 35.9 Å². The second kappa shape index (κ2) is 10.1. The number of carboxylic acids is 1. The van der Waals surface area contributed by atoms with Gasteiger partial charge in [0, 0.05) is 0 Å². The number of hydrogen-bond acceptors (Lipinski definition) is 5. The SMILES string of the molecule is COC(=O)N(C1CCCc2c(OCC(=O)O)cccc21)N(c1ccccc1)c1ccccc1. The molecule has 0 spiro atoms. The van der Waals surface area contributed by atoms with Gasteiger partial charge in [-0.05, 0) is 60.7 Å². The Balaban J connectivity index is 1.82. The highest BCUT2D eigenvalue weighted by atomic mass is 16.5. The Morgan fingerprint density at radius 2 is 1.58 bits per heavy atom. The molecule has 1 aliphatic carbocycles. The van der Waals surface area contributed by atoms with Crippen molar-refractivity contribution in [3.63, 3.8) is 0 Å². The molecular weight excluding hydrogens is 420 g/mol. The molecule has 0 radical (unpaired) electrons. The van der Waals surface area contributed by atoms with Crippen LogP contribution < -0.4 is 9.75 Å². The Hall–Kier alpha value is -4.00. The molecule has 1 atom stereocenters. The van der Waals surface area contributed by atoms with Gasteiger partial charge in [-0.3, -0.25) is 0 Å². The highest BCUT2D eigenvalue weighted by Crippen LogP contribution is 2.42. The van der Waals surface area contributed by atoms with Crippen LogP contribution in [0, 0.1) is 0 Å². The lowest BCUT2D eigenvalue weighted by Gasteiger charge is -2.42. The van der Waals surface area contributed by atoms with E-state index >= 15 is 0 Å². The lowest BCUT2D eigenvalue weighted by atomic mass is 9.86. The number of benzene rings is 3. The van der Waals surface area contributed by atoms with E-state index in [2.05, 4.69) is 0 Å². The number of amides is 1. The summed E-state index contributed by atoms with van der Waals surface area (Å²) >= 11 is 0. The van der Waals surface area contributed by atoms with Crippen molar-refractivity contribution in [2.24, 2.45) is 0 Å². The summed E-state index contributed by atoms with van der Waals surface area (Å²) in [5, 5.41) is 12.6. The number of rotatable bonds is 7. The number of fused-ring (bicyclic) bond motifs is 1. The first-order valence-corrected chi connectivity index (χ1v) is 10.8. The normalized spacial score (nSPS) is 14.6. The summed E-state index contributed by atoms with van der Waals surface area (Å²) in [5.41, 5.74) is 3.48. The van der Waals surface area contributed by atoms with E-state index in [0.717, 1.165) is 41.8 Å². The standard InChI is InChI=1S/C26H26N2O5/c1-32-26(31)28(27(19-10-4-2-5-11-19)20-12-6-3-7-13-20)23-16-8-15-22-21(23)14-9-17-24(22)33-18-25(29)30/h2-7,9-14,17,23H,8,15-16,18H2,1H3,(H,29,30). The maximum atomic E-state index is 13.3. The average Bonchev–Trinajstić information content (AvgIpc) is 2.86. The van der Waals surface area contributed by atoms with Crippen LogP contribution in [0.2, 0.25) is 0 Å². The van der Waals surface area contributed by atoms with Gasteiger partial charge < -0.3 is 14.6 Å². The van der Waals surface area contributed by atoms with E-state index in [1.807, 2.05) is 77.8 Å². The van der Waals surface area contributed by atoms with E-state index in [-0.39, 0.29) is 6.04 Å². The number of carbonyl (C=O) groups is 2. The Labute approximate surface area is 192 Å². The van der Waals surface area contributed by atoms with Crippen LogP contribution in [0.5, 0.6) is 5.75 Å². The van der Waals surface area contributed by atoms with Gasteiger partial charge in [0.2, 0.25) is 0 Å². The monoisotopic (exact) mass is 446 g/mol. The Bertz CT molecular complexity index is 1060. The number of anilines is 2. The zero-order valence-electron chi connectivity index (χ0n) is 18.4. The minimum absolute atomic E-state index is 0.324. The van der Waals surface area contributed by atoms with Crippen LogP contribution in [0.25, 0.3) is 0 Å². The van der Waals surface area contributed by atoms with Gasteiger partial charge in [-0.25, -0.2) is 19.6 Å². The van der Waals surface area contributed by atoms with Crippen molar-refractivity contribution in [1.29, 1.82) is 0 Å². The topological polar surface area (TPSA) is 79.3 Å². The minimum atomic E-state index is -1.03. The van der Waals surface area contributed by atoms with Crippen molar-refractivity contribution in [3.05, 3.63) is 90.0 Å². The number of hydrazine groups is 1. The van der Waals surface area contributed by atoms with Crippen molar-refractivity contribution in [3.8, 4) is 5.75 Å². The largest absolute Gasteiger partial charge is 0.482 e. The summed E-state index contributed by atoms with van der Waals surface area (Å²) in [6.45, 7) is -0.415.